The number of hydrogen-bond acceptors (Lipinski definition) is 4. The Morgan fingerprint density at radius 3 is 2.47 bits per heavy atom. The molecule has 0 saturated carbocycles. The van der Waals surface area contributed by atoms with Crippen LogP contribution in [0.15, 0.2) is 0 Å². The number of carbonyl (C=O) groups is 2. The monoisotopic (exact) mass is 273 g/mol. The van der Waals surface area contributed by atoms with E-state index in [0.29, 0.717) is 0 Å². The highest BCUT2D eigenvalue weighted by molar-refractivity contribution is 5.82. The average Bonchev–Trinajstić information content (AvgIpc) is 2.37. The minimum absolute atomic E-state index is 0.0333. The molecule has 0 aromatic carbocycles. The van der Waals surface area contributed by atoms with Gasteiger partial charge in [-0.3, -0.25) is 4.90 Å². The summed E-state index contributed by atoms with van der Waals surface area (Å²) < 4.78 is 5.26. The second-order valence-electron chi connectivity index (χ2n) is 4.89. The molecule has 1 rings (SSSR count). The summed E-state index contributed by atoms with van der Waals surface area (Å²) in [6.07, 6.45) is 0. The van der Waals surface area contributed by atoms with Gasteiger partial charge in [-0.15, -0.1) is 0 Å². The van der Waals surface area contributed by atoms with Crippen molar-refractivity contribution in [1.82, 2.24) is 15.1 Å². The Kier molecular flexibility index (Phi) is 6.04. The molecule has 0 aromatic heterocycles. The van der Waals surface area contributed by atoms with Gasteiger partial charge in [-0.25, -0.2) is 9.59 Å². The Labute approximate surface area is 113 Å². The predicted octanol–water partition coefficient (Wildman–Crippen LogP) is -0.178. The van der Waals surface area contributed by atoms with E-state index in [9.17, 15) is 9.59 Å². The van der Waals surface area contributed by atoms with Crippen molar-refractivity contribution in [3.8, 4) is 0 Å². The molecule has 0 spiro atoms. The lowest BCUT2D eigenvalue weighted by molar-refractivity contribution is -0.141. The van der Waals surface area contributed by atoms with Crippen molar-refractivity contribution in [2.24, 2.45) is 0 Å². The second-order valence-corrected chi connectivity index (χ2v) is 4.89. The number of nitrogens with zero attached hydrogens (tertiary/aromatic N) is 2. The molecule has 1 fully saturated rings. The fourth-order valence-corrected chi connectivity index (χ4v) is 1.87. The number of carbonyl (C=O) groups excluding carboxylic acids is 1. The topological polar surface area (TPSA) is 82.1 Å². The lowest BCUT2D eigenvalue weighted by atomic mass is 10.3. The Balaban J connectivity index is 2.36. The predicted molar refractivity (Wildman–Crippen MR) is 70.1 cm³/mol. The third-order valence-electron chi connectivity index (χ3n) is 3.26. The van der Waals surface area contributed by atoms with Crippen molar-refractivity contribution in [3.05, 3.63) is 0 Å². The highest BCUT2D eigenvalue weighted by Gasteiger charge is 2.23. The van der Waals surface area contributed by atoms with Crippen LogP contribution in [0.1, 0.15) is 13.8 Å². The standard InChI is InChI=1S/C12H23N3O4/c1-9(8-15-4-6-19-7-5-15)13-12(18)14(3)10(2)11(16)17/h9-10H,4-8H2,1-3H3,(H,13,18)(H,16,17). The van der Waals surface area contributed by atoms with Crippen molar-refractivity contribution in [2.75, 3.05) is 39.9 Å². The average molecular weight is 273 g/mol. The Bertz CT molecular complexity index is 318. The highest BCUT2D eigenvalue weighted by Crippen LogP contribution is 2.00. The number of ether oxygens (including phenoxy) is 1. The molecule has 7 heteroatoms. The van der Waals surface area contributed by atoms with Crippen LogP contribution in [-0.4, -0.2) is 78.9 Å². The first-order valence-electron chi connectivity index (χ1n) is 6.48. The van der Waals surface area contributed by atoms with Gasteiger partial charge in [-0.2, -0.15) is 0 Å². The number of aliphatic carboxylic acids is 1. The van der Waals surface area contributed by atoms with E-state index in [2.05, 4.69) is 10.2 Å². The third-order valence-corrected chi connectivity index (χ3v) is 3.26. The molecule has 1 heterocycles. The molecule has 2 atom stereocenters. The SMILES string of the molecule is CC(CN1CCOCC1)NC(=O)N(C)C(C)C(=O)O. The van der Waals surface area contributed by atoms with Crippen LogP contribution >= 0.6 is 0 Å². The molecule has 7 nitrogen and oxygen atoms in total. The molecule has 1 aliphatic rings. The molecular weight excluding hydrogens is 250 g/mol. The molecule has 0 bridgehead atoms. The van der Waals surface area contributed by atoms with Gasteiger partial charge in [0.25, 0.3) is 0 Å². The number of rotatable bonds is 5. The fraction of sp³-hybridized carbons (Fsp3) is 0.833. The van der Waals surface area contributed by atoms with Gasteiger partial charge in [-0.1, -0.05) is 0 Å². The number of morpholine rings is 1. The van der Waals surface area contributed by atoms with Crippen LogP contribution in [0.2, 0.25) is 0 Å². The molecule has 19 heavy (non-hydrogen) atoms. The summed E-state index contributed by atoms with van der Waals surface area (Å²) in [6, 6.07) is -1.24. The van der Waals surface area contributed by atoms with Crippen LogP contribution in [0, 0.1) is 0 Å². The lowest BCUT2D eigenvalue weighted by Crippen LogP contribution is -2.51. The van der Waals surface area contributed by atoms with E-state index >= 15 is 0 Å². The van der Waals surface area contributed by atoms with Crippen molar-refractivity contribution in [1.29, 1.82) is 0 Å². The highest BCUT2D eigenvalue weighted by atomic mass is 16.5. The molecule has 2 amide bonds. The van der Waals surface area contributed by atoms with E-state index in [1.54, 1.807) is 0 Å². The van der Waals surface area contributed by atoms with Crippen molar-refractivity contribution in [3.63, 3.8) is 0 Å². The smallest absolute Gasteiger partial charge is 0.326 e. The number of likely N-dealkylation sites (N-methyl/N-ethyl adjacent to an activating group) is 1. The maximum Gasteiger partial charge on any atom is 0.326 e. The fourth-order valence-electron chi connectivity index (χ4n) is 1.87. The number of carboxylic acid groups (broad SMARTS) is 1. The van der Waals surface area contributed by atoms with E-state index in [0.717, 1.165) is 32.8 Å². The van der Waals surface area contributed by atoms with Gasteiger partial charge < -0.3 is 20.1 Å². The van der Waals surface area contributed by atoms with Crippen LogP contribution in [0.25, 0.3) is 0 Å². The summed E-state index contributed by atoms with van der Waals surface area (Å²) >= 11 is 0. The lowest BCUT2D eigenvalue weighted by Gasteiger charge is -2.30. The maximum absolute atomic E-state index is 11.8. The number of carboxylic acids is 1. The van der Waals surface area contributed by atoms with E-state index in [-0.39, 0.29) is 12.1 Å². The molecule has 2 unspecified atom stereocenters. The summed E-state index contributed by atoms with van der Waals surface area (Å²) in [6.45, 7) is 7.29. The zero-order chi connectivity index (χ0) is 14.4. The van der Waals surface area contributed by atoms with Gasteiger partial charge in [0, 0.05) is 32.7 Å². The minimum Gasteiger partial charge on any atom is -0.480 e. The summed E-state index contributed by atoms with van der Waals surface area (Å²) in [5, 5.41) is 11.7. The minimum atomic E-state index is -1.02. The van der Waals surface area contributed by atoms with Crippen LogP contribution in [0.3, 0.4) is 0 Å². The second kappa shape index (κ2) is 7.30. The Morgan fingerprint density at radius 2 is 1.95 bits per heavy atom. The van der Waals surface area contributed by atoms with E-state index < -0.39 is 12.0 Å². The summed E-state index contributed by atoms with van der Waals surface area (Å²) in [7, 11) is 1.48. The van der Waals surface area contributed by atoms with Gasteiger partial charge in [-0.05, 0) is 13.8 Å². The number of amides is 2. The first kappa shape index (κ1) is 15.7. The first-order valence-corrected chi connectivity index (χ1v) is 6.48. The molecule has 0 aromatic rings. The molecule has 0 aliphatic carbocycles. The van der Waals surface area contributed by atoms with Gasteiger partial charge in [0.1, 0.15) is 6.04 Å². The summed E-state index contributed by atoms with van der Waals surface area (Å²) in [5.74, 6) is -1.02. The first-order chi connectivity index (χ1) is 8.91. The maximum atomic E-state index is 11.8. The van der Waals surface area contributed by atoms with Crippen molar-refractivity contribution < 1.29 is 19.4 Å². The van der Waals surface area contributed by atoms with Crippen LogP contribution in [0.5, 0.6) is 0 Å². The molecule has 110 valence electrons. The normalized spacial score (nSPS) is 19.5. The number of urea groups is 1. The Morgan fingerprint density at radius 1 is 1.37 bits per heavy atom. The largest absolute Gasteiger partial charge is 0.480 e. The van der Waals surface area contributed by atoms with Gasteiger partial charge in [0.05, 0.1) is 13.2 Å². The number of nitrogens with one attached hydrogen (secondary N) is 1. The molecule has 0 radical (unpaired) electrons. The third kappa shape index (κ3) is 5.04. The van der Waals surface area contributed by atoms with Crippen LogP contribution < -0.4 is 5.32 Å². The summed E-state index contributed by atoms with van der Waals surface area (Å²) in [4.78, 5) is 26.1. The molecule has 1 aliphatic heterocycles. The van der Waals surface area contributed by atoms with Crippen LogP contribution in [-0.2, 0) is 9.53 Å². The van der Waals surface area contributed by atoms with Gasteiger partial charge >= 0.3 is 12.0 Å². The van der Waals surface area contributed by atoms with E-state index in [4.69, 9.17) is 9.84 Å². The van der Waals surface area contributed by atoms with E-state index in [1.807, 2.05) is 6.92 Å². The van der Waals surface area contributed by atoms with Gasteiger partial charge in [0.2, 0.25) is 0 Å². The molecular formula is C12H23N3O4. The van der Waals surface area contributed by atoms with Crippen LogP contribution in [0.4, 0.5) is 4.79 Å². The number of hydrogen-bond donors (Lipinski definition) is 2. The summed E-state index contributed by atoms with van der Waals surface area (Å²) in [5.41, 5.74) is 0. The Hall–Kier alpha value is -1.34. The van der Waals surface area contributed by atoms with Gasteiger partial charge in [0.15, 0.2) is 0 Å². The zero-order valence-corrected chi connectivity index (χ0v) is 11.8. The molecule has 2 N–H and O–H groups in total. The quantitative estimate of drug-likeness (QED) is 0.726. The van der Waals surface area contributed by atoms with Crippen molar-refractivity contribution in [2.45, 2.75) is 25.9 Å². The molecule has 1 saturated heterocycles. The van der Waals surface area contributed by atoms with E-state index in [1.165, 1.54) is 18.9 Å². The van der Waals surface area contributed by atoms with Crippen molar-refractivity contribution >= 4 is 12.0 Å². The zero-order valence-electron chi connectivity index (χ0n) is 11.8.